The largest absolute Gasteiger partial charge is 0.490 e. The Balaban J connectivity index is 0.00000127. The molecule has 2 aliphatic rings. The standard InChI is InChI=1S/C31H43N3O5.C2H4O2.CH4/c1-5-38-29-22-27(10-11-28(29)34(36)37)39-26-14-20-33(21-15-26)30(35)16-19-32-17-12-24(13-18-32)23-6-8-25(9-7-23)31(2,3)4;1-2(3)4;/h6-11,22,24,26H,5,12-21H2,1-4H3;1H3,(H,3,4);1H4. The number of carbonyl (C=O) groups is 2. The third kappa shape index (κ3) is 11.1. The van der Waals surface area contributed by atoms with E-state index in [1.807, 2.05) is 4.90 Å². The van der Waals surface area contributed by atoms with Crippen LogP contribution in [0.1, 0.15) is 91.2 Å². The van der Waals surface area contributed by atoms with E-state index in [1.54, 1.807) is 19.1 Å². The summed E-state index contributed by atoms with van der Waals surface area (Å²) >= 11 is 0. The maximum Gasteiger partial charge on any atom is 0.311 e. The zero-order chi connectivity index (χ0) is 31.6. The summed E-state index contributed by atoms with van der Waals surface area (Å²) in [6.45, 7) is 14.2. The van der Waals surface area contributed by atoms with Gasteiger partial charge in [-0.15, -0.1) is 0 Å². The van der Waals surface area contributed by atoms with E-state index in [-0.39, 0.29) is 36.3 Å². The normalized spacial score (nSPS) is 16.2. The topological polar surface area (TPSA) is 122 Å². The molecule has 2 aliphatic heterocycles. The van der Waals surface area contributed by atoms with Gasteiger partial charge < -0.3 is 24.4 Å². The molecule has 0 spiro atoms. The van der Waals surface area contributed by atoms with Crippen LogP contribution in [0.4, 0.5) is 5.69 Å². The van der Waals surface area contributed by atoms with Crippen LogP contribution in [0.5, 0.6) is 11.5 Å². The Morgan fingerprint density at radius 1 is 1.00 bits per heavy atom. The summed E-state index contributed by atoms with van der Waals surface area (Å²) in [5.74, 6) is 0.755. The number of rotatable bonds is 9. The Hall–Kier alpha value is -3.66. The Morgan fingerprint density at radius 2 is 1.59 bits per heavy atom. The van der Waals surface area contributed by atoms with E-state index in [0.717, 1.165) is 52.2 Å². The summed E-state index contributed by atoms with van der Waals surface area (Å²) in [6, 6.07) is 13.8. The lowest BCUT2D eigenvalue weighted by Crippen LogP contribution is -2.43. The second-order valence-electron chi connectivity index (χ2n) is 12.3. The molecule has 1 amide bonds. The highest BCUT2D eigenvalue weighted by molar-refractivity contribution is 5.76. The minimum atomic E-state index is -0.833. The van der Waals surface area contributed by atoms with E-state index < -0.39 is 10.9 Å². The maximum atomic E-state index is 12.9. The summed E-state index contributed by atoms with van der Waals surface area (Å²) < 4.78 is 11.5. The van der Waals surface area contributed by atoms with Crippen molar-refractivity contribution in [3.8, 4) is 11.5 Å². The zero-order valence-corrected chi connectivity index (χ0v) is 26.2. The number of hydrogen-bond acceptors (Lipinski definition) is 7. The number of nitro benzene ring substituents is 1. The first-order chi connectivity index (χ1) is 20.4. The molecule has 2 aromatic carbocycles. The van der Waals surface area contributed by atoms with E-state index in [1.165, 1.54) is 17.2 Å². The molecule has 0 bridgehead atoms. The number of ether oxygens (including phenoxy) is 2. The van der Waals surface area contributed by atoms with Crippen LogP contribution in [0.15, 0.2) is 42.5 Å². The molecule has 0 atom stereocenters. The molecule has 2 heterocycles. The molecule has 2 aromatic rings. The summed E-state index contributed by atoms with van der Waals surface area (Å²) in [4.78, 5) is 37.0. The maximum absolute atomic E-state index is 12.9. The van der Waals surface area contributed by atoms with Crippen molar-refractivity contribution >= 4 is 17.6 Å². The second-order valence-corrected chi connectivity index (χ2v) is 12.3. The van der Waals surface area contributed by atoms with Crippen molar-refractivity contribution in [3.05, 3.63) is 63.7 Å². The highest BCUT2D eigenvalue weighted by Crippen LogP contribution is 2.33. The van der Waals surface area contributed by atoms with Crippen molar-refractivity contribution in [2.45, 2.75) is 91.6 Å². The monoisotopic (exact) mass is 613 g/mol. The van der Waals surface area contributed by atoms with Gasteiger partial charge in [0.05, 0.1) is 11.5 Å². The average Bonchev–Trinajstić information content (AvgIpc) is 2.96. The number of hydrogen-bond donors (Lipinski definition) is 1. The first kappa shape index (κ1) is 36.5. The van der Waals surface area contributed by atoms with Gasteiger partial charge >= 0.3 is 5.69 Å². The van der Waals surface area contributed by atoms with Crippen LogP contribution in [0.25, 0.3) is 0 Å². The summed E-state index contributed by atoms with van der Waals surface area (Å²) in [7, 11) is 0. The fourth-order valence-corrected chi connectivity index (χ4v) is 5.56. The van der Waals surface area contributed by atoms with Gasteiger partial charge in [0.1, 0.15) is 11.9 Å². The Bertz CT molecular complexity index is 1210. The van der Waals surface area contributed by atoms with Crippen LogP contribution in [0.2, 0.25) is 0 Å². The Kier molecular flexibility index (Phi) is 14.1. The Morgan fingerprint density at radius 3 is 2.11 bits per heavy atom. The van der Waals surface area contributed by atoms with Gasteiger partial charge in [0.15, 0.2) is 0 Å². The average molecular weight is 614 g/mol. The van der Waals surface area contributed by atoms with Gasteiger partial charge in [-0.05, 0) is 61.4 Å². The van der Waals surface area contributed by atoms with Crippen LogP contribution in [0.3, 0.4) is 0 Å². The zero-order valence-electron chi connectivity index (χ0n) is 26.2. The smallest absolute Gasteiger partial charge is 0.311 e. The van der Waals surface area contributed by atoms with Crippen LogP contribution in [-0.2, 0) is 15.0 Å². The molecular weight excluding hydrogens is 562 g/mol. The number of benzene rings is 2. The molecule has 10 nitrogen and oxygen atoms in total. The van der Waals surface area contributed by atoms with Crippen LogP contribution < -0.4 is 9.47 Å². The number of carboxylic acid groups (broad SMARTS) is 1. The quantitative estimate of drug-likeness (QED) is 0.246. The van der Waals surface area contributed by atoms with Gasteiger partial charge in [-0.2, -0.15) is 0 Å². The highest BCUT2D eigenvalue weighted by Gasteiger charge is 2.26. The van der Waals surface area contributed by atoms with E-state index in [2.05, 4.69) is 49.9 Å². The van der Waals surface area contributed by atoms with Crippen molar-refractivity contribution in [1.82, 2.24) is 9.80 Å². The lowest BCUT2D eigenvalue weighted by molar-refractivity contribution is -0.385. The molecule has 10 heteroatoms. The van der Waals surface area contributed by atoms with E-state index in [4.69, 9.17) is 19.4 Å². The highest BCUT2D eigenvalue weighted by atomic mass is 16.6. The summed E-state index contributed by atoms with van der Waals surface area (Å²) in [6.07, 6.45) is 4.29. The molecule has 44 heavy (non-hydrogen) atoms. The molecule has 0 unspecified atom stereocenters. The van der Waals surface area contributed by atoms with Crippen LogP contribution >= 0.6 is 0 Å². The molecule has 0 aromatic heterocycles. The molecule has 0 radical (unpaired) electrons. The number of carboxylic acids is 1. The molecular formula is C34H51N3O7. The van der Waals surface area contributed by atoms with Crippen LogP contribution in [0, 0.1) is 10.1 Å². The summed E-state index contributed by atoms with van der Waals surface area (Å²) in [5.41, 5.74) is 2.92. The molecule has 0 saturated carbocycles. The van der Waals surface area contributed by atoms with Crippen molar-refractivity contribution in [3.63, 3.8) is 0 Å². The van der Waals surface area contributed by atoms with Crippen molar-refractivity contribution < 1.29 is 29.1 Å². The molecule has 244 valence electrons. The van der Waals surface area contributed by atoms with Gasteiger partial charge in [-0.3, -0.25) is 19.7 Å². The number of carbonyl (C=O) groups excluding carboxylic acids is 1. The minimum Gasteiger partial charge on any atom is -0.490 e. The van der Waals surface area contributed by atoms with E-state index in [9.17, 15) is 14.9 Å². The molecule has 4 rings (SSSR count). The number of amides is 1. The van der Waals surface area contributed by atoms with Crippen molar-refractivity contribution in [2.75, 3.05) is 39.3 Å². The second kappa shape index (κ2) is 17.0. The first-order valence-electron chi connectivity index (χ1n) is 15.2. The Labute approximate surface area is 262 Å². The fourth-order valence-electron chi connectivity index (χ4n) is 5.56. The van der Waals surface area contributed by atoms with Gasteiger partial charge in [-0.1, -0.05) is 52.5 Å². The number of piperidine rings is 2. The van der Waals surface area contributed by atoms with Gasteiger partial charge in [0.2, 0.25) is 11.7 Å². The predicted molar refractivity (Wildman–Crippen MR) is 173 cm³/mol. The van der Waals surface area contributed by atoms with E-state index >= 15 is 0 Å². The van der Waals surface area contributed by atoms with Gasteiger partial charge in [0, 0.05) is 58.0 Å². The molecule has 2 saturated heterocycles. The molecule has 0 aliphatic carbocycles. The minimum absolute atomic E-state index is 0. The molecule has 1 N–H and O–H groups in total. The fraction of sp³-hybridized carbons (Fsp3) is 0.588. The SMILES string of the molecule is C.CC(=O)O.CCOc1cc(OC2CCN(C(=O)CCN3CCC(c4ccc(C(C)(C)C)cc4)CC3)CC2)ccc1[N+](=O)[O-]. The number of aliphatic carboxylic acids is 1. The number of likely N-dealkylation sites (tertiary alicyclic amines) is 2. The first-order valence-corrected chi connectivity index (χ1v) is 15.2. The van der Waals surface area contributed by atoms with Gasteiger partial charge in [-0.25, -0.2) is 0 Å². The van der Waals surface area contributed by atoms with Crippen molar-refractivity contribution in [2.24, 2.45) is 0 Å². The van der Waals surface area contributed by atoms with E-state index in [0.29, 0.717) is 37.8 Å². The number of nitrogens with zero attached hydrogens (tertiary/aromatic N) is 3. The van der Waals surface area contributed by atoms with Crippen molar-refractivity contribution in [1.29, 1.82) is 0 Å². The van der Waals surface area contributed by atoms with Crippen LogP contribution in [-0.4, -0.2) is 77.1 Å². The third-order valence-corrected chi connectivity index (χ3v) is 8.00. The molecule has 2 fully saturated rings. The predicted octanol–water partition coefficient (Wildman–Crippen LogP) is 6.66. The van der Waals surface area contributed by atoms with Gasteiger partial charge in [0.25, 0.3) is 5.97 Å². The summed E-state index contributed by atoms with van der Waals surface area (Å²) in [5, 5.41) is 18.6. The lowest BCUT2D eigenvalue weighted by atomic mass is 9.84. The number of nitro groups is 1. The third-order valence-electron chi connectivity index (χ3n) is 8.00. The lowest BCUT2D eigenvalue weighted by Gasteiger charge is -2.34.